The first-order valence-corrected chi connectivity index (χ1v) is 7.70. The van der Waals surface area contributed by atoms with Crippen molar-refractivity contribution in [2.75, 3.05) is 25.2 Å². The van der Waals surface area contributed by atoms with Crippen molar-refractivity contribution >= 4 is 21.6 Å². The highest BCUT2D eigenvalue weighted by atomic mass is 79.9. The monoisotopic (exact) mass is 326 g/mol. The largest absolute Gasteiger partial charge is 0.383 e. The van der Waals surface area contributed by atoms with Gasteiger partial charge in [0.05, 0.1) is 6.61 Å². The third-order valence-corrected chi connectivity index (χ3v) is 4.66. The van der Waals surface area contributed by atoms with Gasteiger partial charge in [-0.2, -0.15) is 0 Å². The molecule has 0 aromatic heterocycles. The molecule has 0 bridgehead atoms. The Bertz CT molecular complexity index is 421. The van der Waals surface area contributed by atoms with Crippen LogP contribution in [0.4, 0.5) is 5.69 Å². The molecule has 0 heterocycles. The van der Waals surface area contributed by atoms with E-state index in [0.717, 1.165) is 29.1 Å². The fraction of sp³-hybridized carbons (Fsp3) is 0.600. The fourth-order valence-electron chi connectivity index (χ4n) is 2.47. The highest BCUT2D eigenvalue weighted by Crippen LogP contribution is 2.37. The maximum Gasteiger partial charge on any atom is 0.0637 e. The van der Waals surface area contributed by atoms with Gasteiger partial charge in [0.15, 0.2) is 0 Å². The van der Waals surface area contributed by atoms with Crippen LogP contribution in [0.1, 0.15) is 25.3 Å². The van der Waals surface area contributed by atoms with E-state index in [-0.39, 0.29) is 0 Å². The minimum atomic E-state index is 0.567. The number of hydrogen-bond acceptors (Lipinski definition) is 3. The van der Waals surface area contributed by atoms with Crippen molar-refractivity contribution in [3.05, 3.63) is 28.2 Å². The molecule has 1 aliphatic rings. The van der Waals surface area contributed by atoms with Crippen LogP contribution in [-0.2, 0) is 11.3 Å². The average molecular weight is 327 g/mol. The Labute approximate surface area is 124 Å². The lowest BCUT2D eigenvalue weighted by Crippen LogP contribution is -2.37. The summed E-state index contributed by atoms with van der Waals surface area (Å²) in [6.07, 6.45) is 2.71. The van der Waals surface area contributed by atoms with E-state index in [2.05, 4.69) is 46.0 Å². The van der Waals surface area contributed by atoms with E-state index in [0.29, 0.717) is 12.6 Å². The molecule has 1 aliphatic carbocycles. The van der Waals surface area contributed by atoms with Crippen molar-refractivity contribution in [1.29, 1.82) is 0 Å². The number of anilines is 1. The first-order valence-electron chi connectivity index (χ1n) is 6.91. The van der Waals surface area contributed by atoms with E-state index in [4.69, 9.17) is 10.5 Å². The van der Waals surface area contributed by atoms with E-state index < -0.39 is 0 Å². The molecule has 106 valence electrons. The predicted molar refractivity (Wildman–Crippen MR) is 83.4 cm³/mol. The zero-order valence-electron chi connectivity index (χ0n) is 11.7. The first-order chi connectivity index (χ1) is 9.17. The summed E-state index contributed by atoms with van der Waals surface area (Å²) in [7, 11) is 1.76. The molecule has 1 fully saturated rings. The van der Waals surface area contributed by atoms with Crippen molar-refractivity contribution < 1.29 is 4.74 Å². The van der Waals surface area contributed by atoms with Crippen molar-refractivity contribution in [2.45, 2.75) is 32.4 Å². The number of ether oxygens (including phenoxy) is 1. The maximum atomic E-state index is 5.71. The van der Waals surface area contributed by atoms with Crippen LogP contribution in [0.3, 0.4) is 0 Å². The van der Waals surface area contributed by atoms with E-state index in [1.54, 1.807) is 7.11 Å². The molecule has 1 aromatic carbocycles. The molecule has 2 rings (SSSR count). The number of halogens is 1. The third-order valence-electron chi connectivity index (χ3n) is 3.92. The lowest BCUT2D eigenvalue weighted by molar-refractivity contribution is 0.202. The van der Waals surface area contributed by atoms with Crippen LogP contribution in [0.5, 0.6) is 0 Å². The Balaban J connectivity index is 2.18. The molecular weight excluding hydrogens is 304 g/mol. The molecule has 3 nitrogen and oxygen atoms in total. The molecule has 0 saturated heterocycles. The molecule has 0 aliphatic heterocycles. The van der Waals surface area contributed by atoms with Crippen LogP contribution < -0.4 is 10.6 Å². The number of hydrogen-bond donors (Lipinski definition) is 1. The van der Waals surface area contributed by atoms with Gasteiger partial charge in [0, 0.05) is 36.4 Å². The van der Waals surface area contributed by atoms with Crippen molar-refractivity contribution in [1.82, 2.24) is 0 Å². The fourth-order valence-corrected chi connectivity index (χ4v) is 3.00. The highest BCUT2D eigenvalue weighted by molar-refractivity contribution is 9.10. The van der Waals surface area contributed by atoms with Gasteiger partial charge in [-0.1, -0.05) is 22.0 Å². The van der Waals surface area contributed by atoms with Gasteiger partial charge in [-0.25, -0.2) is 0 Å². The van der Waals surface area contributed by atoms with Crippen LogP contribution in [0.15, 0.2) is 22.7 Å². The average Bonchev–Trinajstić information content (AvgIpc) is 3.23. The lowest BCUT2D eigenvalue weighted by atomic mass is 10.1. The number of benzene rings is 1. The van der Waals surface area contributed by atoms with Crippen LogP contribution in [0.2, 0.25) is 0 Å². The molecule has 0 spiro atoms. The quantitative estimate of drug-likeness (QED) is 0.836. The van der Waals surface area contributed by atoms with Gasteiger partial charge < -0.3 is 15.4 Å². The van der Waals surface area contributed by atoms with Crippen molar-refractivity contribution in [3.8, 4) is 0 Å². The summed E-state index contributed by atoms with van der Waals surface area (Å²) in [6.45, 7) is 4.57. The molecule has 4 heteroatoms. The minimum Gasteiger partial charge on any atom is -0.383 e. The minimum absolute atomic E-state index is 0.567. The van der Waals surface area contributed by atoms with Crippen molar-refractivity contribution in [2.24, 2.45) is 11.7 Å². The molecule has 19 heavy (non-hydrogen) atoms. The molecule has 0 radical (unpaired) electrons. The molecule has 1 atom stereocenters. The Morgan fingerprint density at radius 2 is 2.21 bits per heavy atom. The zero-order chi connectivity index (χ0) is 13.8. The number of nitrogens with two attached hydrogens (primary N) is 1. The summed E-state index contributed by atoms with van der Waals surface area (Å²) in [6, 6.07) is 7.03. The van der Waals surface area contributed by atoms with Gasteiger partial charge in [0.2, 0.25) is 0 Å². The molecular formula is C15H23BrN2O. The number of rotatable bonds is 7. The summed E-state index contributed by atoms with van der Waals surface area (Å²) in [5.41, 5.74) is 8.11. The Morgan fingerprint density at radius 1 is 1.47 bits per heavy atom. The molecule has 1 aromatic rings. The van der Waals surface area contributed by atoms with E-state index >= 15 is 0 Å². The van der Waals surface area contributed by atoms with Crippen LogP contribution in [0, 0.1) is 5.92 Å². The second-order valence-corrected chi connectivity index (χ2v) is 6.10. The van der Waals surface area contributed by atoms with Gasteiger partial charge in [0.25, 0.3) is 0 Å². The highest BCUT2D eigenvalue weighted by Gasteiger charge is 2.32. The molecule has 1 saturated carbocycles. The van der Waals surface area contributed by atoms with E-state index in [9.17, 15) is 0 Å². The van der Waals surface area contributed by atoms with Crippen LogP contribution in [0.25, 0.3) is 0 Å². The van der Waals surface area contributed by atoms with Gasteiger partial charge in [-0.05, 0) is 43.4 Å². The Hall–Kier alpha value is -0.580. The Kier molecular flexibility index (Phi) is 5.25. The smallest absolute Gasteiger partial charge is 0.0637 e. The van der Waals surface area contributed by atoms with Crippen LogP contribution >= 0.6 is 15.9 Å². The summed E-state index contributed by atoms with van der Waals surface area (Å²) in [4.78, 5) is 2.45. The number of methoxy groups -OCH3 is 1. The predicted octanol–water partition coefficient (Wildman–Crippen LogP) is 3.16. The second-order valence-electron chi connectivity index (χ2n) is 5.24. The number of nitrogens with zero attached hydrogens (tertiary/aromatic N) is 1. The van der Waals surface area contributed by atoms with Crippen molar-refractivity contribution in [3.63, 3.8) is 0 Å². The summed E-state index contributed by atoms with van der Waals surface area (Å²) in [5, 5.41) is 0. The van der Waals surface area contributed by atoms with E-state index in [1.165, 1.54) is 18.5 Å². The first kappa shape index (κ1) is 14.8. The normalized spacial score (nSPS) is 16.4. The van der Waals surface area contributed by atoms with Gasteiger partial charge in [-0.3, -0.25) is 0 Å². The second kappa shape index (κ2) is 6.73. The topological polar surface area (TPSA) is 38.5 Å². The SMILES string of the molecule is COCCN(c1ccc(CN)c(Br)c1)C(C)C1CC1. The van der Waals surface area contributed by atoms with Crippen LogP contribution in [-0.4, -0.2) is 26.3 Å². The van der Waals surface area contributed by atoms with Gasteiger partial charge >= 0.3 is 0 Å². The third kappa shape index (κ3) is 3.71. The molecule has 0 amide bonds. The summed E-state index contributed by atoms with van der Waals surface area (Å²) in [5.74, 6) is 0.838. The maximum absolute atomic E-state index is 5.71. The Morgan fingerprint density at radius 3 is 2.74 bits per heavy atom. The molecule has 1 unspecified atom stereocenters. The lowest BCUT2D eigenvalue weighted by Gasteiger charge is -2.32. The standard InChI is InChI=1S/C15H23BrN2O/c1-11(12-3-4-12)18(7-8-19-2)14-6-5-13(10-17)15(16)9-14/h5-6,9,11-12H,3-4,7-8,10,17H2,1-2H3. The summed E-state index contributed by atoms with van der Waals surface area (Å²) < 4.78 is 6.34. The zero-order valence-corrected chi connectivity index (χ0v) is 13.3. The van der Waals surface area contributed by atoms with Gasteiger partial charge in [-0.15, -0.1) is 0 Å². The molecule has 2 N–H and O–H groups in total. The van der Waals surface area contributed by atoms with E-state index in [1.807, 2.05) is 0 Å². The van der Waals surface area contributed by atoms with Gasteiger partial charge in [0.1, 0.15) is 0 Å². The summed E-state index contributed by atoms with van der Waals surface area (Å²) >= 11 is 3.61.